The molecule has 0 aliphatic heterocycles. The lowest BCUT2D eigenvalue weighted by molar-refractivity contribution is 0.228. The third-order valence-corrected chi connectivity index (χ3v) is 4.64. The molecule has 1 atom stereocenters. The molecule has 1 N–H and O–H groups in total. The Morgan fingerprint density at radius 3 is 2.59 bits per heavy atom. The van der Waals surface area contributed by atoms with Crippen LogP contribution in [0.4, 0.5) is 4.39 Å². The maximum absolute atomic E-state index is 14.2. The smallest absolute Gasteiger partial charge is 0.142 e. The van der Waals surface area contributed by atoms with Crippen molar-refractivity contribution in [2.75, 3.05) is 7.05 Å². The van der Waals surface area contributed by atoms with Crippen LogP contribution >= 0.6 is 15.9 Å². The third kappa shape index (κ3) is 2.41. The van der Waals surface area contributed by atoms with E-state index in [4.69, 9.17) is 0 Å². The van der Waals surface area contributed by atoms with Crippen LogP contribution in [0.5, 0.6) is 0 Å². The van der Waals surface area contributed by atoms with Crippen LogP contribution in [0, 0.1) is 11.2 Å². The van der Waals surface area contributed by atoms with E-state index in [1.54, 1.807) is 6.07 Å². The Hall–Kier alpha value is -0.410. The highest BCUT2D eigenvalue weighted by atomic mass is 79.9. The van der Waals surface area contributed by atoms with Crippen LogP contribution in [0.1, 0.15) is 44.2 Å². The molecule has 1 aromatic carbocycles. The molecule has 3 heteroatoms. The maximum atomic E-state index is 14.2. The molecule has 0 bridgehead atoms. The highest BCUT2D eigenvalue weighted by molar-refractivity contribution is 9.10. The molecule has 1 fully saturated rings. The Labute approximate surface area is 111 Å². The van der Waals surface area contributed by atoms with E-state index in [-0.39, 0.29) is 17.3 Å². The first-order chi connectivity index (χ1) is 8.08. The minimum atomic E-state index is -0.125. The molecule has 0 aromatic heterocycles. The summed E-state index contributed by atoms with van der Waals surface area (Å²) in [4.78, 5) is 0. The van der Waals surface area contributed by atoms with Crippen LogP contribution in [0.2, 0.25) is 0 Å². The normalized spacial score (nSPS) is 20.5. The van der Waals surface area contributed by atoms with Gasteiger partial charge >= 0.3 is 0 Å². The second-order valence-electron chi connectivity index (χ2n) is 5.23. The van der Waals surface area contributed by atoms with Gasteiger partial charge in [0.1, 0.15) is 5.82 Å². The summed E-state index contributed by atoms with van der Waals surface area (Å²) < 4.78 is 14.7. The van der Waals surface area contributed by atoms with E-state index in [1.165, 1.54) is 25.7 Å². The summed E-state index contributed by atoms with van der Waals surface area (Å²) in [7, 11) is 1.93. The van der Waals surface area contributed by atoms with Crippen molar-refractivity contribution in [2.45, 2.75) is 38.6 Å². The predicted molar refractivity (Wildman–Crippen MR) is 72.5 cm³/mol. The molecule has 1 aliphatic rings. The molecule has 1 unspecified atom stereocenters. The molecule has 0 heterocycles. The van der Waals surface area contributed by atoms with E-state index in [0.717, 1.165) is 5.56 Å². The summed E-state index contributed by atoms with van der Waals surface area (Å²) in [5, 5.41) is 3.31. The van der Waals surface area contributed by atoms with Gasteiger partial charge in [0.25, 0.3) is 0 Å². The van der Waals surface area contributed by atoms with Crippen LogP contribution in [-0.4, -0.2) is 7.05 Å². The lowest BCUT2D eigenvalue weighted by Crippen LogP contribution is -2.33. The average molecular weight is 300 g/mol. The summed E-state index contributed by atoms with van der Waals surface area (Å²) in [6, 6.07) is 5.65. The second-order valence-corrected chi connectivity index (χ2v) is 6.08. The fourth-order valence-electron chi connectivity index (χ4n) is 3.09. The first-order valence-electron chi connectivity index (χ1n) is 6.20. The Morgan fingerprint density at radius 1 is 1.35 bits per heavy atom. The van der Waals surface area contributed by atoms with Crippen LogP contribution in [0.3, 0.4) is 0 Å². The molecule has 0 amide bonds. The summed E-state index contributed by atoms with van der Waals surface area (Å²) in [5.41, 5.74) is 0.961. The number of nitrogens with one attached hydrogen (secondary N) is 1. The zero-order valence-electron chi connectivity index (χ0n) is 10.4. The van der Waals surface area contributed by atoms with E-state index in [2.05, 4.69) is 28.2 Å². The summed E-state index contributed by atoms with van der Waals surface area (Å²) in [5.74, 6) is -0.125. The van der Waals surface area contributed by atoms with Crippen molar-refractivity contribution in [2.24, 2.45) is 5.41 Å². The average Bonchev–Trinajstić information content (AvgIpc) is 2.73. The highest BCUT2D eigenvalue weighted by Gasteiger charge is 2.38. The molecule has 17 heavy (non-hydrogen) atoms. The van der Waals surface area contributed by atoms with Gasteiger partial charge in [0.15, 0.2) is 0 Å². The van der Waals surface area contributed by atoms with Gasteiger partial charge in [-0.15, -0.1) is 0 Å². The molecule has 1 aliphatic carbocycles. The number of halogens is 2. The zero-order chi connectivity index (χ0) is 12.5. The quantitative estimate of drug-likeness (QED) is 0.871. The van der Waals surface area contributed by atoms with Gasteiger partial charge in [-0.3, -0.25) is 0 Å². The molecule has 94 valence electrons. The van der Waals surface area contributed by atoms with Crippen molar-refractivity contribution in [3.8, 4) is 0 Å². The molecule has 0 radical (unpaired) electrons. The van der Waals surface area contributed by atoms with Gasteiger partial charge in [-0.1, -0.05) is 31.9 Å². The first kappa shape index (κ1) is 13.0. The zero-order valence-corrected chi connectivity index (χ0v) is 12.0. The molecular weight excluding hydrogens is 281 g/mol. The Morgan fingerprint density at radius 2 is 2.00 bits per heavy atom. The summed E-state index contributed by atoms with van der Waals surface area (Å²) in [6.07, 6.45) is 4.85. The van der Waals surface area contributed by atoms with E-state index in [1.807, 2.05) is 19.2 Å². The Balaban J connectivity index is 2.38. The van der Waals surface area contributed by atoms with Crippen LogP contribution < -0.4 is 5.32 Å². The van der Waals surface area contributed by atoms with Crippen LogP contribution in [0.15, 0.2) is 22.7 Å². The molecule has 0 saturated heterocycles. The van der Waals surface area contributed by atoms with Gasteiger partial charge in [-0.2, -0.15) is 0 Å². The van der Waals surface area contributed by atoms with E-state index in [9.17, 15) is 4.39 Å². The van der Waals surface area contributed by atoms with Crippen molar-refractivity contribution >= 4 is 15.9 Å². The molecule has 1 nitrogen and oxygen atoms in total. The fourth-order valence-corrected chi connectivity index (χ4v) is 3.48. The number of hydrogen-bond acceptors (Lipinski definition) is 1. The molecular formula is C14H19BrFN. The van der Waals surface area contributed by atoms with Crippen molar-refractivity contribution in [3.05, 3.63) is 34.1 Å². The monoisotopic (exact) mass is 299 g/mol. The van der Waals surface area contributed by atoms with Gasteiger partial charge in [0.2, 0.25) is 0 Å². The van der Waals surface area contributed by atoms with Gasteiger partial charge in [-0.25, -0.2) is 4.39 Å². The number of hydrogen-bond donors (Lipinski definition) is 1. The van der Waals surface area contributed by atoms with Crippen LogP contribution in [-0.2, 0) is 0 Å². The van der Waals surface area contributed by atoms with Crippen molar-refractivity contribution < 1.29 is 4.39 Å². The fraction of sp³-hybridized carbons (Fsp3) is 0.571. The summed E-state index contributed by atoms with van der Waals surface area (Å²) in [6.45, 7) is 2.27. The van der Waals surface area contributed by atoms with E-state index in [0.29, 0.717) is 4.47 Å². The lowest BCUT2D eigenvalue weighted by Gasteiger charge is -2.34. The standard InChI is InChI=1S/C14H19BrFN/c1-14(8-3-4-9-14)13(17-2)10-6-5-7-11(15)12(10)16/h5-7,13,17H,3-4,8-9H2,1-2H3. The molecule has 1 aromatic rings. The summed E-state index contributed by atoms with van der Waals surface area (Å²) >= 11 is 3.27. The second kappa shape index (κ2) is 5.07. The first-order valence-corrected chi connectivity index (χ1v) is 6.99. The van der Waals surface area contributed by atoms with E-state index < -0.39 is 0 Å². The molecule has 2 rings (SSSR count). The van der Waals surface area contributed by atoms with E-state index >= 15 is 0 Å². The third-order valence-electron chi connectivity index (χ3n) is 4.02. The van der Waals surface area contributed by atoms with Gasteiger partial charge in [0.05, 0.1) is 4.47 Å². The van der Waals surface area contributed by atoms with Gasteiger partial charge in [0, 0.05) is 11.6 Å². The minimum absolute atomic E-state index is 0.0995. The maximum Gasteiger partial charge on any atom is 0.142 e. The van der Waals surface area contributed by atoms with Crippen molar-refractivity contribution in [1.29, 1.82) is 0 Å². The topological polar surface area (TPSA) is 12.0 Å². The number of rotatable bonds is 3. The highest BCUT2D eigenvalue weighted by Crippen LogP contribution is 2.47. The van der Waals surface area contributed by atoms with Crippen LogP contribution in [0.25, 0.3) is 0 Å². The van der Waals surface area contributed by atoms with Crippen molar-refractivity contribution in [1.82, 2.24) is 5.32 Å². The van der Waals surface area contributed by atoms with Gasteiger partial charge < -0.3 is 5.32 Å². The minimum Gasteiger partial charge on any atom is -0.312 e. The molecule has 1 saturated carbocycles. The largest absolute Gasteiger partial charge is 0.312 e. The number of benzene rings is 1. The Bertz CT molecular complexity index is 399. The lowest BCUT2D eigenvalue weighted by atomic mass is 9.77. The van der Waals surface area contributed by atoms with Crippen molar-refractivity contribution in [3.63, 3.8) is 0 Å². The molecule has 0 spiro atoms. The SMILES string of the molecule is CNC(c1cccc(Br)c1F)C1(C)CCCC1. The predicted octanol–water partition coefficient (Wildman–Crippen LogP) is 4.43. The van der Waals surface area contributed by atoms with Gasteiger partial charge in [-0.05, 0) is 47.3 Å². The Kier molecular flexibility index (Phi) is 3.88.